The van der Waals surface area contributed by atoms with Gasteiger partial charge in [0.05, 0.1) is 16.1 Å². The predicted molar refractivity (Wildman–Crippen MR) is 114 cm³/mol. The summed E-state index contributed by atoms with van der Waals surface area (Å²) in [6, 6.07) is 19.3. The highest BCUT2D eigenvalue weighted by molar-refractivity contribution is 9.10. The molecule has 28 heavy (non-hydrogen) atoms. The first-order valence-corrected chi connectivity index (χ1v) is 9.42. The number of hydrogen-bond donors (Lipinski definition) is 1. The van der Waals surface area contributed by atoms with Gasteiger partial charge in [-0.2, -0.15) is 0 Å². The van der Waals surface area contributed by atoms with Crippen LogP contribution in [0.4, 0.5) is 17.3 Å². The van der Waals surface area contributed by atoms with Crippen LogP contribution in [0.1, 0.15) is 0 Å². The summed E-state index contributed by atoms with van der Waals surface area (Å²) in [5.41, 5.74) is 2.90. The third-order valence-electron chi connectivity index (χ3n) is 4.12. The average molecular weight is 456 g/mol. The maximum atomic E-state index is 10.8. The molecule has 4 rings (SSSR count). The standard InChI is InChI=1S/C20H12BrClN4O2/c21-12-5-10-18-16(11-12)19(15-3-1-2-4-17(15)22)25-20(24-18)23-13-6-8-14(9-7-13)26(27)28/h1-11H,(H,23,24,25). The summed E-state index contributed by atoms with van der Waals surface area (Å²) in [5.74, 6) is 0.374. The van der Waals surface area contributed by atoms with Crippen molar-refractivity contribution >= 4 is 55.8 Å². The van der Waals surface area contributed by atoms with E-state index in [2.05, 4.69) is 31.2 Å². The Hall–Kier alpha value is -3.03. The Morgan fingerprint density at radius 2 is 1.75 bits per heavy atom. The molecular weight excluding hydrogens is 444 g/mol. The summed E-state index contributed by atoms with van der Waals surface area (Å²) in [6.07, 6.45) is 0. The maximum absolute atomic E-state index is 10.8. The Labute approximate surface area is 173 Å². The lowest BCUT2D eigenvalue weighted by molar-refractivity contribution is -0.384. The SMILES string of the molecule is O=[N+]([O-])c1ccc(Nc2nc(-c3ccccc3Cl)c3cc(Br)ccc3n2)cc1. The van der Waals surface area contributed by atoms with E-state index in [4.69, 9.17) is 11.6 Å². The van der Waals surface area contributed by atoms with E-state index in [9.17, 15) is 10.1 Å². The molecule has 1 N–H and O–H groups in total. The van der Waals surface area contributed by atoms with E-state index in [1.54, 1.807) is 12.1 Å². The second kappa shape index (κ2) is 7.53. The zero-order valence-corrected chi connectivity index (χ0v) is 16.6. The van der Waals surface area contributed by atoms with Crippen molar-refractivity contribution in [3.8, 4) is 11.3 Å². The highest BCUT2D eigenvalue weighted by Crippen LogP contribution is 2.34. The third kappa shape index (κ3) is 3.67. The lowest BCUT2D eigenvalue weighted by Gasteiger charge is -2.12. The van der Waals surface area contributed by atoms with Crippen LogP contribution in [-0.4, -0.2) is 14.9 Å². The van der Waals surface area contributed by atoms with Gasteiger partial charge in [-0.15, -0.1) is 0 Å². The zero-order chi connectivity index (χ0) is 19.7. The number of nitro benzene ring substituents is 1. The summed E-state index contributed by atoms with van der Waals surface area (Å²) >= 11 is 9.89. The number of nitrogens with one attached hydrogen (secondary N) is 1. The molecule has 0 aliphatic carbocycles. The van der Waals surface area contributed by atoms with Crippen LogP contribution in [0, 0.1) is 10.1 Å². The van der Waals surface area contributed by atoms with E-state index in [-0.39, 0.29) is 5.69 Å². The molecule has 1 heterocycles. The number of hydrogen-bond acceptors (Lipinski definition) is 5. The van der Waals surface area contributed by atoms with Crippen molar-refractivity contribution in [3.63, 3.8) is 0 Å². The molecule has 0 saturated carbocycles. The van der Waals surface area contributed by atoms with Gasteiger partial charge in [-0.3, -0.25) is 10.1 Å². The van der Waals surface area contributed by atoms with Gasteiger partial charge in [0.15, 0.2) is 0 Å². The van der Waals surface area contributed by atoms with Gasteiger partial charge < -0.3 is 5.32 Å². The molecule has 0 amide bonds. The molecular formula is C20H12BrClN4O2. The summed E-state index contributed by atoms with van der Waals surface area (Å²) < 4.78 is 0.910. The van der Waals surface area contributed by atoms with Crippen LogP contribution in [0.25, 0.3) is 22.2 Å². The molecule has 1 aromatic heterocycles. The fourth-order valence-electron chi connectivity index (χ4n) is 2.81. The van der Waals surface area contributed by atoms with Gasteiger partial charge in [0.1, 0.15) is 0 Å². The van der Waals surface area contributed by atoms with Crippen molar-refractivity contribution in [1.82, 2.24) is 9.97 Å². The van der Waals surface area contributed by atoms with Gasteiger partial charge in [-0.1, -0.05) is 45.7 Å². The van der Waals surface area contributed by atoms with Crippen LogP contribution in [0.15, 0.2) is 71.2 Å². The number of aromatic nitrogens is 2. The van der Waals surface area contributed by atoms with Gasteiger partial charge in [0.25, 0.3) is 5.69 Å². The van der Waals surface area contributed by atoms with Crippen molar-refractivity contribution in [2.45, 2.75) is 0 Å². The molecule has 0 aliphatic rings. The van der Waals surface area contributed by atoms with E-state index in [0.717, 1.165) is 20.9 Å². The van der Waals surface area contributed by atoms with Crippen molar-refractivity contribution in [3.05, 3.63) is 86.3 Å². The van der Waals surface area contributed by atoms with Gasteiger partial charge in [0, 0.05) is 38.3 Å². The van der Waals surface area contributed by atoms with Crippen LogP contribution >= 0.6 is 27.5 Å². The smallest absolute Gasteiger partial charge is 0.269 e. The van der Waals surface area contributed by atoms with Crippen molar-refractivity contribution in [2.24, 2.45) is 0 Å². The Bertz CT molecular complexity index is 1200. The lowest BCUT2D eigenvalue weighted by atomic mass is 10.1. The minimum atomic E-state index is -0.441. The highest BCUT2D eigenvalue weighted by atomic mass is 79.9. The zero-order valence-electron chi connectivity index (χ0n) is 14.3. The number of fused-ring (bicyclic) bond motifs is 1. The van der Waals surface area contributed by atoms with E-state index < -0.39 is 4.92 Å². The van der Waals surface area contributed by atoms with Crippen molar-refractivity contribution < 1.29 is 4.92 Å². The minimum absolute atomic E-state index is 0.0200. The maximum Gasteiger partial charge on any atom is 0.269 e. The molecule has 0 bridgehead atoms. The monoisotopic (exact) mass is 454 g/mol. The molecule has 0 radical (unpaired) electrons. The molecule has 0 unspecified atom stereocenters. The third-order valence-corrected chi connectivity index (χ3v) is 4.94. The molecule has 138 valence electrons. The molecule has 0 spiro atoms. The summed E-state index contributed by atoms with van der Waals surface area (Å²) in [6.45, 7) is 0. The molecule has 0 aliphatic heterocycles. The lowest BCUT2D eigenvalue weighted by Crippen LogP contribution is -2.00. The van der Waals surface area contributed by atoms with Crippen molar-refractivity contribution in [2.75, 3.05) is 5.32 Å². The Morgan fingerprint density at radius 1 is 1.00 bits per heavy atom. The molecule has 3 aromatic carbocycles. The summed E-state index contributed by atoms with van der Waals surface area (Å²) in [4.78, 5) is 19.6. The number of non-ortho nitro benzene ring substituents is 1. The highest BCUT2D eigenvalue weighted by Gasteiger charge is 2.13. The molecule has 0 saturated heterocycles. The second-order valence-corrected chi connectivity index (χ2v) is 7.29. The van der Waals surface area contributed by atoms with E-state index in [1.165, 1.54) is 12.1 Å². The number of benzene rings is 3. The minimum Gasteiger partial charge on any atom is -0.324 e. The molecule has 6 nitrogen and oxygen atoms in total. The van der Waals surface area contributed by atoms with E-state index in [0.29, 0.717) is 22.4 Å². The summed E-state index contributed by atoms with van der Waals surface area (Å²) in [7, 11) is 0. The second-order valence-electron chi connectivity index (χ2n) is 5.97. The first-order chi connectivity index (χ1) is 13.5. The Kier molecular flexibility index (Phi) is 4.93. The van der Waals surface area contributed by atoms with Crippen molar-refractivity contribution in [1.29, 1.82) is 0 Å². The Balaban J connectivity index is 1.83. The number of nitro groups is 1. The molecule has 4 aromatic rings. The topological polar surface area (TPSA) is 81.0 Å². The summed E-state index contributed by atoms with van der Waals surface area (Å²) in [5, 5.41) is 15.4. The van der Waals surface area contributed by atoms with E-state index >= 15 is 0 Å². The van der Waals surface area contributed by atoms with Crippen LogP contribution in [0.5, 0.6) is 0 Å². The first kappa shape index (κ1) is 18.3. The number of rotatable bonds is 4. The normalized spacial score (nSPS) is 10.8. The van der Waals surface area contributed by atoms with Crippen LogP contribution in [0.2, 0.25) is 5.02 Å². The largest absolute Gasteiger partial charge is 0.324 e. The Morgan fingerprint density at radius 3 is 2.46 bits per heavy atom. The van der Waals surface area contributed by atoms with E-state index in [1.807, 2.05) is 42.5 Å². The van der Waals surface area contributed by atoms with Crippen LogP contribution in [-0.2, 0) is 0 Å². The quantitative estimate of drug-likeness (QED) is 0.286. The average Bonchev–Trinajstić information content (AvgIpc) is 2.68. The number of anilines is 2. The first-order valence-electron chi connectivity index (χ1n) is 8.25. The predicted octanol–water partition coefficient (Wildman–Crippen LogP) is 6.36. The van der Waals surface area contributed by atoms with Gasteiger partial charge in [0.2, 0.25) is 5.95 Å². The number of nitrogens with zero attached hydrogens (tertiary/aromatic N) is 3. The van der Waals surface area contributed by atoms with Gasteiger partial charge in [-0.25, -0.2) is 9.97 Å². The van der Waals surface area contributed by atoms with Crippen LogP contribution < -0.4 is 5.32 Å². The van der Waals surface area contributed by atoms with Crippen LogP contribution in [0.3, 0.4) is 0 Å². The molecule has 0 fully saturated rings. The fraction of sp³-hybridized carbons (Fsp3) is 0. The van der Waals surface area contributed by atoms with Gasteiger partial charge >= 0.3 is 0 Å². The number of halogens is 2. The molecule has 8 heteroatoms. The fourth-order valence-corrected chi connectivity index (χ4v) is 3.40. The van der Waals surface area contributed by atoms with Gasteiger partial charge in [-0.05, 0) is 36.4 Å². The molecule has 0 atom stereocenters.